The number of hydrogen-bond donors (Lipinski definition) is 2. The molecule has 0 aliphatic rings. The molecule has 5 heteroatoms. The van der Waals surface area contributed by atoms with E-state index in [0.717, 1.165) is 0 Å². The second-order valence-corrected chi connectivity index (χ2v) is 3.78. The van der Waals surface area contributed by atoms with Crippen molar-refractivity contribution in [3.63, 3.8) is 0 Å². The Labute approximate surface area is 100 Å². The standard InChI is InChI=1S/C12H16N2O3/c1-9(15)12(17)14(2)8-11(16)13-10-6-4-3-5-7-10/h3-7,9,15H,8H2,1-2H3,(H,13,16). The van der Waals surface area contributed by atoms with Crippen LogP contribution in [0.5, 0.6) is 0 Å². The van der Waals surface area contributed by atoms with Gasteiger partial charge in [-0.3, -0.25) is 9.59 Å². The molecule has 0 fully saturated rings. The number of benzene rings is 1. The number of anilines is 1. The van der Waals surface area contributed by atoms with Gasteiger partial charge in [-0.25, -0.2) is 0 Å². The van der Waals surface area contributed by atoms with Gasteiger partial charge in [0.05, 0.1) is 6.54 Å². The van der Waals surface area contributed by atoms with Gasteiger partial charge in [0.15, 0.2) is 0 Å². The number of rotatable bonds is 4. The highest BCUT2D eigenvalue weighted by Gasteiger charge is 2.16. The summed E-state index contributed by atoms with van der Waals surface area (Å²) in [6.07, 6.45) is -1.09. The molecule has 1 aromatic rings. The quantitative estimate of drug-likeness (QED) is 0.798. The largest absolute Gasteiger partial charge is 0.384 e. The minimum absolute atomic E-state index is 0.0847. The smallest absolute Gasteiger partial charge is 0.251 e. The monoisotopic (exact) mass is 236 g/mol. The minimum Gasteiger partial charge on any atom is -0.384 e. The highest BCUT2D eigenvalue weighted by molar-refractivity contribution is 5.94. The van der Waals surface area contributed by atoms with Crippen molar-refractivity contribution < 1.29 is 14.7 Å². The zero-order valence-electron chi connectivity index (χ0n) is 9.88. The van der Waals surface area contributed by atoms with E-state index in [0.29, 0.717) is 5.69 Å². The van der Waals surface area contributed by atoms with E-state index < -0.39 is 12.0 Å². The molecule has 0 aromatic heterocycles. The normalized spacial score (nSPS) is 11.7. The summed E-state index contributed by atoms with van der Waals surface area (Å²) in [5, 5.41) is 11.7. The maximum absolute atomic E-state index is 11.6. The Balaban J connectivity index is 2.48. The molecule has 92 valence electrons. The average Bonchev–Trinajstić information content (AvgIpc) is 2.28. The number of amides is 2. The van der Waals surface area contributed by atoms with E-state index >= 15 is 0 Å². The first-order valence-corrected chi connectivity index (χ1v) is 5.28. The summed E-state index contributed by atoms with van der Waals surface area (Å²) in [6, 6.07) is 8.97. The maximum Gasteiger partial charge on any atom is 0.251 e. The summed E-state index contributed by atoms with van der Waals surface area (Å²) in [6.45, 7) is 1.28. The first-order chi connectivity index (χ1) is 8.00. The van der Waals surface area contributed by atoms with Crippen LogP contribution in [0.25, 0.3) is 0 Å². The van der Waals surface area contributed by atoms with Crippen molar-refractivity contribution in [2.75, 3.05) is 18.9 Å². The molecular weight excluding hydrogens is 220 g/mol. The van der Waals surface area contributed by atoms with Gasteiger partial charge in [-0.2, -0.15) is 0 Å². The van der Waals surface area contributed by atoms with Crippen LogP contribution in [0.3, 0.4) is 0 Å². The summed E-state index contributed by atoms with van der Waals surface area (Å²) < 4.78 is 0. The third-order valence-electron chi connectivity index (χ3n) is 2.17. The Bertz CT molecular complexity index is 390. The van der Waals surface area contributed by atoms with Crippen molar-refractivity contribution in [1.82, 2.24) is 4.90 Å². The fourth-order valence-electron chi connectivity index (χ4n) is 1.33. The summed E-state index contributed by atoms with van der Waals surface area (Å²) in [7, 11) is 1.47. The molecule has 2 N–H and O–H groups in total. The second kappa shape index (κ2) is 6.00. The highest BCUT2D eigenvalue weighted by atomic mass is 16.3. The zero-order chi connectivity index (χ0) is 12.8. The molecule has 0 aliphatic carbocycles. The predicted octanol–water partition coefficient (Wildman–Crippen LogP) is 0.464. The number of carbonyl (C=O) groups excluding carboxylic acids is 2. The molecule has 0 heterocycles. The van der Waals surface area contributed by atoms with Crippen LogP contribution in [0.1, 0.15) is 6.92 Å². The number of para-hydroxylation sites is 1. The lowest BCUT2D eigenvalue weighted by atomic mass is 10.3. The molecular formula is C12H16N2O3. The van der Waals surface area contributed by atoms with Gasteiger partial charge in [-0.1, -0.05) is 18.2 Å². The van der Waals surface area contributed by atoms with Gasteiger partial charge in [0.25, 0.3) is 5.91 Å². The lowest BCUT2D eigenvalue weighted by Gasteiger charge is -2.18. The molecule has 1 atom stereocenters. The Morgan fingerprint density at radius 2 is 1.94 bits per heavy atom. The van der Waals surface area contributed by atoms with Crippen LogP contribution in [0.2, 0.25) is 0 Å². The van der Waals surface area contributed by atoms with Crippen molar-refractivity contribution in [3.8, 4) is 0 Å². The van der Waals surface area contributed by atoms with E-state index in [1.807, 2.05) is 6.07 Å². The van der Waals surface area contributed by atoms with E-state index in [4.69, 9.17) is 5.11 Å². The fourth-order valence-corrected chi connectivity index (χ4v) is 1.33. The number of nitrogens with zero attached hydrogens (tertiary/aromatic N) is 1. The van der Waals surface area contributed by atoms with Crippen LogP contribution < -0.4 is 5.32 Å². The van der Waals surface area contributed by atoms with E-state index in [-0.39, 0.29) is 12.5 Å². The van der Waals surface area contributed by atoms with Gasteiger partial charge in [0.2, 0.25) is 5.91 Å². The van der Waals surface area contributed by atoms with Crippen LogP contribution in [0, 0.1) is 0 Å². The molecule has 0 spiro atoms. The first-order valence-electron chi connectivity index (χ1n) is 5.28. The van der Waals surface area contributed by atoms with Crippen molar-refractivity contribution >= 4 is 17.5 Å². The molecule has 1 unspecified atom stereocenters. The van der Waals surface area contributed by atoms with Gasteiger partial charge in [-0.05, 0) is 19.1 Å². The SMILES string of the molecule is CC(O)C(=O)N(C)CC(=O)Nc1ccccc1. The molecule has 0 saturated heterocycles. The number of likely N-dealkylation sites (N-methyl/N-ethyl adjacent to an activating group) is 1. The number of aliphatic hydroxyl groups excluding tert-OH is 1. The van der Waals surface area contributed by atoms with Crippen molar-refractivity contribution in [2.45, 2.75) is 13.0 Å². The third-order valence-corrected chi connectivity index (χ3v) is 2.17. The fraction of sp³-hybridized carbons (Fsp3) is 0.333. The highest BCUT2D eigenvalue weighted by Crippen LogP contribution is 2.04. The molecule has 0 saturated carbocycles. The number of carbonyl (C=O) groups is 2. The van der Waals surface area contributed by atoms with Gasteiger partial charge < -0.3 is 15.3 Å². The topological polar surface area (TPSA) is 69.6 Å². The van der Waals surface area contributed by atoms with Crippen LogP contribution in [-0.2, 0) is 9.59 Å². The average molecular weight is 236 g/mol. The maximum atomic E-state index is 11.6. The van der Waals surface area contributed by atoms with Crippen molar-refractivity contribution in [1.29, 1.82) is 0 Å². The summed E-state index contributed by atoms with van der Waals surface area (Å²) in [5.74, 6) is -0.777. The summed E-state index contributed by atoms with van der Waals surface area (Å²) in [4.78, 5) is 24.1. The molecule has 0 bridgehead atoms. The third kappa shape index (κ3) is 4.24. The number of hydrogen-bond acceptors (Lipinski definition) is 3. The van der Waals surface area contributed by atoms with Crippen molar-refractivity contribution in [3.05, 3.63) is 30.3 Å². The second-order valence-electron chi connectivity index (χ2n) is 3.78. The lowest BCUT2D eigenvalue weighted by Crippen LogP contribution is -2.39. The van der Waals surface area contributed by atoms with E-state index in [2.05, 4.69) is 5.32 Å². The van der Waals surface area contributed by atoms with Crippen LogP contribution in [0.4, 0.5) is 5.69 Å². The van der Waals surface area contributed by atoms with E-state index in [1.165, 1.54) is 18.9 Å². The lowest BCUT2D eigenvalue weighted by molar-refractivity contribution is -0.140. The summed E-state index contributed by atoms with van der Waals surface area (Å²) >= 11 is 0. The van der Waals surface area contributed by atoms with Crippen molar-refractivity contribution in [2.24, 2.45) is 0 Å². The molecule has 0 radical (unpaired) electrons. The van der Waals surface area contributed by atoms with Gasteiger partial charge >= 0.3 is 0 Å². The van der Waals surface area contributed by atoms with Gasteiger partial charge in [0, 0.05) is 12.7 Å². The van der Waals surface area contributed by atoms with Crippen LogP contribution in [0.15, 0.2) is 30.3 Å². The molecule has 5 nitrogen and oxygen atoms in total. The Hall–Kier alpha value is -1.88. The van der Waals surface area contributed by atoms with Crippen LogP contribution in [-0.4, -0.2) is 41.5 Å². The number of nitrogens with one attached hydrogen (secondary N) is 1. The molecule has 1 rings (SSSR count). The summed E-state index contributed by atoms with van der Waals surface area (Å²) in [5.41, 5.74) is 0.676. The van der Waals surface area contributed by atoms with Gasteiger partial charge in [0.1, 0.15) is 6.10 Å². The number of aliphatic hydroxyl groups is 1. The predicted molar refractivity (Wildman–Crippen MR) is 64.4 cm³/mol. The van der Waals surface area contributed by atoms with E-state index in [9.17, 15) is 9.59 Å². The minimum atomic E-state index is -1.09. The molecule has 2 amide bonds. The van der Waals surface area contributed by atoms with Gasteiger partial charge in [-0.15, -0.1) is 0 Å². The molecule has 17 heavy (non-hydrogen) atoms. The Morgan fingerprint density at radius 1 is 1.35 bits per heavy atom. The van der Waals surface area contributed by atoms with Crippen LogP contribution >= 0.6 is 0 Å². The first kappa shape index (κ1) is 13.2. The molecule has 0 aliphatic heterocycles. The molecule has 1 aromatic carbocycles. The van der Waals surface area contributed by atoms with E-state index in [1.54, 1.807) is 24.3 Å². The zero-order valence-corrected chi connectivity index (χ0v) is 9.88. The Kier molecular flexibility index (Phi) is 4.66. The Morgan fingerprint density at radius 3 is 2.47 bits per heavy atom.